The molecule has 154 valence electrons. The maximum absolute atomic E-state index is 14.0. The number of carbonyl (C=O) groups is 2. The van der Waals surface area contributed by atoms with E-state index in [-0.39, 0.29) is 17.4 Å². The molecule has 0 spiro atoms. The average molecular weight is 399 g/mol. The highest BCUT2D eigenvalue weighted by atomic mass is 19.1. The Morgan fingerprint density at radius 2 is 1.72 bits per heavy atom. The highest BCUT2D eigenvalue weighted by Crippen LogP contribution is 2.30. The SMILES string of the molecule is O=C(c1ccccc1F)N1CCCN(C(=O)C2(n3cccn3)CCNCC2)CC1. The lowest BCUT2D eigenvalue weighted by Gasteiger charge is -2.40. The van der Waals surface area contributed by atoms with Crippen molar-refractivity contribution in [1.29, 1.82) is 0 Å². The molecule has 2 amide bonds. The van der Waals surface area contributed by atoms with Crippen molar-refractivity contribution in [3.8, 4) is 0 Å². The molecule has 0 atom stereocenters. The van der Waals surface area contributed by atoms with Crippen molar-refractivity contribution in [3.05, 3.63) is 54.1 Å². The fourth-order valence-corrected chi connectivity index (χ4v) is 4.33. The summed E-state index contributed by atoms with van der Waals surface area (Å²) in [6, 6.07) is 7.88. The summed E-state index contributed by atoms with van der Waals surface area (Å²) in [4.78, 5) is 29.9. The van der Waals surface area contributed by atoms with Crippen molar-refractivity contribution >= 4 is 11.8 Å². The number of halogens is 1. The number of aromatic nitrogens is 2. The molecule has 1 aromatic carbocycles. The monoisotopic (exact) mass is 399 g/mol. The van der Waals surface area contributed by atoms with Crippen molar-refractivity contribution in [1.82, 2.24) is 24.9 Å². The van der Waals surface area contributed by atoms with Crippen LogP contribution in [-0.4, -0.2) is 70.7 Å². The number of benzene rings is 1. The first-order chi connectivity index (χ1) is 14.1. The Morgan fingerprint density at radius 1 is 1.00 bits per heavy atom. The van der Waals surface area contributed by atoms with E-state index in [9.17, 15) is 14.0 Å². The van der Waals surface area contributed by atoms with Gasteiger partial charge in [-0.2, -0.15) is 5.10 Å². The first-order valence-electron chi connectivity index (χ1n) is 10.2. The van der Waals surface area contributed by atoms with Gasteiger partial charge in [0.05, 0.1) is 5.56 Å². The van der Waals surface area contributed by atoms with Gasteiger partial charge >= 0.3 is 0 Å². The molecule has 2 fully saturated rings. The number of carbonyl (C=O) groups excluding carboxylic acids is 2. The van der Waals surface area contributed by atoms with Crippen LogP contribution in [0, 0.1) is 5.82 Å². The van der Waals surface area contributed by atoms with Gasteiger partial charge in [-0.05, 0) is 50.6 Å². The lowest BCUT2D eigenvalue weighted by atomic mass is 9.86. The number of piperidine rings is 1. The van der Waals surface area contributed by atoms with Crippen LogP contribution < -0.4 is 5.32 Å². The molecule has 2 aromatic rings. The third-order valence-electron chi connectivity index (χ3n) is 5.95. The van der Waals surface area contributed by atoms with Crippen molar-refractivity contribution in [3.63, 3.8) is 0 Å². The second-order valence-corrected chi connectivity index (χ2v) is 7.65. The second-order valence-electron chi connectivity index (χ2n) is 7.65. The van der Waals surface area contributed by atoms with Crippen LogP contribution in [0.3, 0.4) is 0 Å². The summed E-state index contributed by atoms with van der Waals surface area (Å²) in [5.74, 6) is -0.772. The van der Waals surface area contributed by atoms with Crippen LogP contribution in [0.25, 0.3) is 0 Å². The van der Waals surface area contributed by atoms with E-state index in [1.807, 2.05) is 17.2 Å². The molecule has 0 bridgehead atoms. The molecule has 0 saturated carbocycles. The second kappa shape index (κ2) is 8.32. The van der Waals surface area contributed by atoms with Crippen LogP contribution in [0.4, 0.5) is 4.39 Å². The summed E-state index contributed by atoms with van der Waals surface area (Å²) in [5, 5.41) is 7.70. The number of nitrogens with zero attached hydrogens (tertiary/aromatic N) is 4. The van der Waals surface area contributed by atoms with Gasteiger partial charge in [0.15, 0.2) is 0 Å². The van der Waals surface area contributed by atoms with Gasteiger partial charge in [0.25, 0.3) is 11.8 Å². The fourth-order valence-electron chi connectivity index (χ4n) is 4.33. The maximum atomic E-state index is 14.0. The minimum Gasteiger partial charge on any atom is -0.339 e. The Bertz CT molecular complexity index is 864. The Morgan fingerprint density at radius 3 is 2.45 bits per heavy atom. The number of rotatable bonds is 3. The largest absolute Gasteiger partial charge is 0.339 e. The lowest BCUT2D eigenvalue weighted by Crippen LogP contribution is -2.56. The molecule has 4 rings (SSSR count). The number of nitrogens with one attached hydrogen (secondary N) is 1. The summed E-state index contributed by atoms with van der Waals surface area (Å²) >= 11 is 0. The van der Waals surface area contributed by atoms with Crippen molar-refractivity contribution in [2.75, 3.05) is 39.3 Å². The normalized spacial score (nSPS) is 19.6. The van der Waals surface area contributed by atoms with E-state index >= 15 is 0 Å². The third-order valence-corrected chi connectivity index (χ3v) is 5.95. The summed E-state index contributed by atoms with van der Waals surface area (Å²) in [6.45, 7) is 3.44. The van der Waals surface area contributed by atoms with Crippen molar-refractivity contribution < 1.29 is 14.0 Å². The van der Waals surface area contributed by atoms with Gasteiger partial charge in [-0.25, -0.2) is 4.39 Å². The van der Waals surface area contributed by atoms with Crippen LogP contribution in [0.1, 0.15) is 29.6 Å². The van der Waals surface area contributed by atoms with Gasteiger partial charge in [-0.15, -0.1) is 0 Å². The van der Waals surface area contributed by atoms with Crippen molar-refractivity contribution in [2.45, 2.75) is 24.8 Å². The summed E-state index contributed by atoms with van der Waals surface area (Å²) < 4.78 is 15.8. The van der Waals surface area contributed by atoms with E-state index in [1.54, 1.807) is 27.9 Å². The Labute approximate surface area is 169 Å². The van der Waals surface area contributed by atoms with Crippen LogP contribution in [0.15, 0.2) is 42.7 Å². The molecule has 0 aliphatic carbocycles. The van der Waals surface area contributed by atoms with Crippen LogP contribution in [0.2, 0.25) is 0 Å². The zero-order valence-electron chi connectivity index (χ0n) is 16.4. The molecule has 1 N–H and O–H groups in total. The molecule has 0 unspecified atom stereocenters. The molecule has 0 radical (unpaired) electrons. The first-order valence-corrected chi connectivity index (χ1v) is 10.2. The van der Waals surface area contributed by atoms with E-state index in [0.29, 0.717) is 45.4 Å². The van der Waals surface area contributed by atoms with Crippen LogP contribution in [0.5, 0.6) is 0 Å². The van der Waals surface area contributed by atoms with Gasteiger partial charge in [0.2, 0.25) is 0 Å². The fraction of sp³-hybridized carbons (Fsp3) is 0.476. The molecule has 1 aromatic heterocycles. The van der Waals surface area contributed by atoms with Gasteiger partial charge in [-0.1, -0.05) is 12.1 Å². The van der Waals surface area contributed by atoms with E-state index in [1.165, 1.54) is 12.1 Å². The molecular formula is C21H26FN5O2. The van der Waals surface area contributed by atoms with Gasteiger partial charge in [0.1, 0.15) is 11.4 Å². The predicted molar refractivity (Wildman–Crippen MR) is 106 cm³/mol. The minimum atomic E-state index is -0.681. The van der Waals surface area contributed by atoms with E-state index < -0.39 is 11.4 Å². The third kappa shape index (κ3) is 3.76. The number of amides is 2. The van der Waals surface area contributed by atoms with Crippen LogP contribution in [-0.2, 0) is 10.3 Å². The highest BCUT2D eigenvalue weighted by Gasteiger charge is 2.44. The Hall–Kier alpha value is -2.74. The molecule has 2 aliphatic rings. The zero-order chi connectivity index (χ0) is 20.3. The lowest BCUT2D eigenvalue weighted by molar-refractivity contribution is -0.143. The number of hydrogen-bond donors (Lipinski definition) is 1. The Balaban J connectivity index is 1.50. The molecule has 8 heteroatoms. The molecule has 7 nitrogen and oxygen atoms in total. The summed E-state index contributed by atoms with van der Waals surface area (Å²) in [7, 11) is 0. The molecule has 2 saturated heterocycles. The minimum absolute atomic E-state index is 0.0582. The smallest absolute Gasteiger partial charge is 0.256 e. The molecule has 29 heavy (non-hydrogen) atoms. The molecular weight excluding hydrogens is 373 g/mol. The topological polar surface area (TPSA) is 70.5 Å². The number of hydrogen-bond acceptors (Lipinski definition) is 4. The van der Waals surface area contributed by atoms with E-state index in [4.69, 9.17) is 0 Å². The van der Waals surface area contributed by atoms with Gasteiger partial charge in [-0.3, -0.25) is 14.3 Å². The standard InChI is InChI=1S/C21H26FN5O2/c22-18-6-2-1-5-17(18)19(28)25-12-4-13-26(16-15-25)20(29)21(7-10-23-11-8-21)27-14-3-9-24-27/h1-3,5-6,9,14,23H,4,7-8,10-13,15-16H2. The summed E-state index contributed by atoms with van der Waals surface area (Å²) in [5.41, 5.74) is -0.599. The van der Waals surface area contributed by atoms with Gasteiger partial charge < -0.3 is 15.1 Å². The van der Waals surface area contributed by atoms with Crippen LogP contribution >= 0.6 is 0 Å². The maximum Gasteiger partial charge on any atom is 0.256 e. The molecule has 2 aliphatic heterocycles. The quantitative estimate of drug-likeness (QED) is 0.849. The van der Waals surface area contributed by atoms with Gasteiger partial charge in [0, 0.05) is 38.6 Å². The average Bonchev–Trinajstić information content (AvgIpc) is 3.19. The Kier molecular flexibility index (Phi) is 5.62. The first kappa shape index (κ1) is 19.6. The van der Waals surface area contributed by atoms with Crippen molar-refractivity contribution in [2.24, 2.45) is 0 Å². The van der Waals surface area contributed by atoms with E-state index in [2.05, 4.69) is 10.4 Å². The highest BCUT2D eigenvalue weighted by molar-refractivity contribution is 5.94. The molecule has 3 heterocycles. The predicted octanol–water partition coefficient (Wildman–Crippen LogP) is 1.48. The van der Waals surface area contributed by atoms with E-state index in [0.717, 1.165) is 13.1 Å². The zero-order valence-corrected chi connectivity index (χ0v) is 16.4. The summed E-state index contributed by atoms with van der Waals surface area (Å²) in [6.07, 6.45) is 5.59.